The van der Waals surface area contributed by atoms with Crippen LogP contribution >= 0.6 is 11.8 Å². The van der Waals surface area contributed by atoms with Crippen LogP contribution in [0.2, 0.25) is 0 Å². The molecule has 31 heavy (non-hydrogen) atoms. The van der Waals surface area contributed by atoms with Gasteiger partial charge in [0.25, 0.3) is 6.17 Å². The fraction of sp³-hybridized carbons (Fsp3) is 0.227. The van der Waals surface area contributed by atoms with Crippen LogP contribution in [0.3, 0.4) is 0 Å². The van der Waals surface area contributed by atoms with E-state index in [-0.39, 0.29) is 11.5 Å². The average molecular weight is 438 g/mol. The number of thioether (sulfide) groups is 1. The van der Waals surface area contributed by atoms with Crippen molar-refractivity contribution in [2.24, 2.45) is 0 Å². The lowest BCUT2D eigenvalue weighted by molar-refractivity contribution is -0.763. The van der Waals surface area contributed by atoms with Gasteiger partial charge in [-0.3, -0.25) is 19.4 Å². The van der Waals surface area contributed by atoms with Crippen molar-refractivity contribution in [2.45, 2.75) is 32.1 Å². The largest absolute Gasteiger partial charge is 0.427 e. The Kier molecular flexibility index (Phi) is 5.60. The van der Waals surface area contributed by atoms with Crippen LogP contribution < -0.4 is 19.9 Å². The predicted molar refractivity (Wildman–Crippen MR) is 116 cm³/mol. The molecule has 0 bridgehead atoms. The molecule has 0 saturated heterocycles. The molecule has 0 spiro atoms. The maximum Gasteiger partial charge on any atom is 0.325 e. The standard InChI is InChI=1S/C22H20N4O4S/c1-4-31-22-23-20(29)19-17-10-5-6-11-18(17)25(13(2)27)21(26(19)24-22)15-8-7-9-16(12-15)30-14(3)28/h5-12,21H,4H2,1-3H3/p+1/t21-/m1/s1. The summed E-state index contributed by atoms with van der Waals surface area (Å²) in [6, 6.07) is 14.1. The van der Waals surface area contributed by atoms with E-state index in [0.29, 0.717) is 33.4 Å². The number of aromatic nitrogens is 3. The van der Waals surface area contributed by atoms with Gasteiger partial charge in [-0.2, -0.15) is 0 Å². The van der Waals surface area contributed by atoms with E-state index >= 15 is 0 Å². The van der Waals surface area contributed by atoms with E-state index in [2.05, 4.69) is 10.1 Å². The van der Waals surface area contributed by atoms with Crippen molar-refractivity contribution in [1.29, 1.82) is 0 Å². The number of amides is 1. The monoisotopic (exact) mass is 437 g/mol. The summed E-state index contributed by atoms with van der Waals surface area (Å²) in [7, 11) is 0. The summed E-state index contributed by atoms with van der Waals surface area (Å²) in [6.07, 6.45) is -0.726. The smallest absolute Gasteiger partial charge is 0.325 e. The van der Waals surface area contributed by atoms with Crippen molar-refractivity contribution in [3.63, 3.8) is 0 Å². The second kappa shape index (κ2) is 8.35. The van der Waals surface area contributed by atoms with Crippen LogP contribution in [0.5, 0.6) is 5.75 Å². The van der Waals surface area contributed by atoms with Gasteiger partial charge in [-0.1, -0.05) is 36.9 Å². The van der Waals surface area contributed by atoms with E-state index in [1.54, 1.807) is 39.9 Å². The van der Waals surface area contributed by atoms with Crippen molar-refractivity contribution >= 4 is 29.3 Å². The minimum Gasteiger partial charge on any atom is -0.427 e. The first kappa shape index (κ1) is 20.8. The molecule has 0 fully saturated rings. The Morgan fingerprint density at radius 3 is 2.68 bits per heavy atom. The number of carbonyl (C=O) groups excluding carboxylic acids is 2. The van der Waals surface area contributed by atoms with Gasteiger partial charge in [0.1, 0.15) is 5.75 Å². The van der Waals surface area contributed by atoms with Crippen LogP contribution in [0.25, 0.3) is 11.3 Å². The van der Waals surface area contributed by atoms with Crippen molar-refractivity contribution in [3.05, 3.63) is 64.4 Å². The molecule has 1 aromatic heterocycles. The molecular formula is C22H21N4O4S+. The Morgan fingerprint density at radius 2 is 1.97 bits per heavy atom. The zero-order chi connectivity index (χ0) is 22.1. The summed E-state index contributed by atoms with van der Waals surface area (Å²) in [6.45, 7) is 4.76. The van der Waals surface area contributed by atoms with Gasteiger partial charge < -0.3 is 4.74 Å². The second-order valence-electron chi connectivity index (χ2n) is 6.93. The van der Waals surface area contributed by atoms with Gasteiger partial charge in [0.2, 0.25) is 11.1 Å². The first-order valence-electron chi connectivity index (χ1n) is 9.77. The highest BCUT2D eigenvalue weighted by Crippen LogP contribution is 2.37. The lowest BCUT2D eigenvalue weighted by Gasteiger charge is -2.31. The van der Waals surface area contributed by atoms with Crippen LogP contribution in [0.15, 0.2) is 58.5 Å². The molecule has 4 rings (SSSR count). The number of H-pyrrole nitrogens is 1. The van der Waals surface area contributed by atoms with E-state index in [9.17, 15) is 14.4 Å². The Balaban J connectivity index is 2.01. The third kappa shape index (κ3) is 3.84. The van der Waals surface area contributed by atoms with Gasteiger partial charge in [-0.05, 0) is 40.8 Å². The number of nitrogens with one attached hydrogen (secondary N) is 1. The molecule has 1 aliphatic heterocycles. The highest BCUT2D eigenvalue weighted by molar-refractivity contribution is 7.99. The summed E-state index contributed by atoms with van der Waals surface area (Å²) in [4.78, 5) is 41.8. The van der Waals surface area contributed by atoms with Gasteiger partial charge in [-0.25, -0.2) is 4.90 Å². The number of carbonyl (C=O) groups is 2. The van der Waals surface area contributed by atoms with Crippen molar-refractivity contribution in [3.8, 4) is 17.0 Å². The summed E-state index contributed by atoms with van der Waals surface area (Å²) >= 11 is 1.40. The molecule has 1 aliphatic rings. The number of ether oxygens (including phenoxy) is 1. The molecule has 1 N–H and O–H groups in total. The quantitative estimate of drug-likeness (QED) is 0.292. The van der Waals surface area contributed by atoms with E-state index < -0.39 is 12.1 Å². The van der Waals surface area contributed by atoms with E-state index in [0.717, 1.165) is 5.75 Å². The molecule has 1 atom stereocenters. The minimum absolute atomic E-state index is 0.208. The van der Waals surface area contributed by atoms with Crippen molar-refractivity contribution < 1.29 is 19.0 Å². The number of benzene rings is 2. The summed E-state index contributed by atoms with van der Waals surface area (Å²) < 4.78 is 6.82. The number of rotatable bonds is 4. The van der Waals surface area contributed by atoms with Gasteiger partial charge in [0.15, 0.2) is 0 Å². The van der Waals surface area contributed by atoms with Crippen LogP contribution in [-0.4, -0.2) is 27.7 Å². The van der Waals surface area contributed by atoms with Gasteiger partial charge in [0, 0.05) is 24.5 Å². The normalized spacial score (nSPS) is 14.5. The fourth-order valence-electron chi connectivity index (χ4n) is 3.72. The molecule has 8 nitrogen and oxygen atoms in total. The SMILES string of the molecule is CCSc1n[n+]2c(c(=O)[nH]1)-c1ccccc1N(C(C)=O)[C@H]2c1cccc(OC(C)=O)c1. The minimum atomic E-state index is -0.726. The number of hydrogen-bond donors (Lipinski definition) is 1. The number of hydrogen-bond acceptors (Lipinski definition) is 6. The van der Waals surface area contributed by atoms with E-state index in [4.69, 9.17) is 4.74 Å². The van der Waals surface area contributed by atoms with Crippen molar-refractivity contribution in [1.82, 2.24) is 10.1 Å². The van der Waals surface area contributed by atoms with Crippen LogP contribution in [0, 0.1) is 0 Å². The highest BCUT2D eigenvalue weighted by atomic mass is 32.2. The number of esters is 1. The second-order valence-corrected chi connectivity index (χ2v) is 8.18. The highest BCUT2D eigenvalue weighted by Gasteiger charge is 2.44. The maximum atomic E-state index is 13.1. The molecule has 0 unspecified atom stereocenters. The summed E-state index contributed by atoms with van der Waals surface area (Å²) in [5.41, 5.74) is 1.95. The van der Waals surface area contributed by atoms with Crippen LogP contribution in [0.4, 0.5) is 5.69 Å². The van der Waals surface area contributed by atoms with E-state index in [1.165, 1.54) is 25.6 Å². The number of nitrogens with zero attached hydrogens (tertiary/aromatic N) is 3. The molecule has 0 saturated carbocycles. The average Bonchev–Trinajstić information content (AvgIpc) is 2.72. The molecule has 2 heterocycles. The summed E-state index contributed by atoms with van der Waals surface area (Å²) in [5, 5.41) is 5.12. The first-order chi connectivity index (χ1) is 14.9. The molecule has 0 aliphatic carbocycles. The Bertz CT molecular complexity index is 1240. The lowest BCUT2D eigenvalue weighted by Crippen LogP contribution is -2.60. The Morgan fingerprint density at radius 1 is 1.19 bits per heavy atom. The van der Waals surface area contributed by atoms with Gasteiger partial charge >= 0.3 is 17.2 Å². The Labute approximate surface area is 182 Å². The van der Waals surface area contributed by atoms with Crippen LogP contribution in [-0.2, 0) is 9.59 Å². The first-order valence-corrected chi connectivity index (χ1v) is 10.8. The third-order valence-electron chi connectivity index (χ3n) is 4.80. The predicted octanol–water partition coefficient (Wildman–Crippen LogP) is 2.68. The zero-order valence-electron chi connectivity index (χ0n) is 17.3. The molecular weight excluding hydrogens is 416 g/mol. The topological polar surface area (TPSA) is 96.2 Å². The number of anilines is 1. The molecule has 9 heteroatoms. The molecule has 0 radical (unpaired) electrons. The third-order valence-corrected chi connectivity index (χ3v) is 5.54. The Hall–Kier alpha value is -3.46. The molecule has 2 aromatic carbocycles. The lowest BCUT2D eigenvalue weighted by atomic mass is 10.0. The maximum absolute atomic E-state index is 13.1. The number of para-hydroxylation sites is 1. The van der Waals surface area contributed by atoms with E-state index in [1.807, 2.05) is 25.1 Å². The number of aromatic amines is 1. The zero-order valence-corrected chi connectivity index (χ0v) is 18.1. The van der Waals surface area contributed by atoms with Crippen molar-refractivity contribution in [2.75, 3.05) is 10.7 Å². The van der Waals surface area contributed by atoms with Gasteiger partial charge in [-0.15, -0.1) is 0 Å². The fourth-order valence-corrected chi connectivity index (χ4v) is 4.30. The molecule has 158 valence electrons. The molecule has 3 aromatic rings. The summed E-state index contributed by atoms with van der Waals surface area (Å²) in [5.74, 6) is 0.420. The molecule has 1 amide bonds. The van der Waals surface area contributed by atoms with Gasteiger partial charge in [0.05, 0.1) is 11.3 Å². The van der Waals surface area contributed by atoms with Crippen LogP contribution in [0.1, 0.15) is 32.5 Å². The number of fused-ring (bicyclic) bond motifs is 3.